The van der Waals surface area contributed by atoms with Crippen LogP contribution in [0, 0.1) is 0 Å². The number of ketones is 1. The fourth-order valence-electron chi connectivity index (χ4n) is 1.06. The lowest BCUT2D eigenvalue weighted by atomic mass is 10.1. The van der Waals surface area contributed by atoms with Gasteiger partial charge in [0, 0.05) is 29.2 Å². The van der Waals surface area contributed by atoms with Crippen molar-refractivity contribution in [2.75, 3.05) is 17.3 Å². The van der Waals surface area contributed by atoms with Crippen LogP contribution in [0.3, 0.4) is 0 Å². The van der Waals surface area contributed by atoms with Crippen molar-refractivity contribution in [2.45, 2.75) is 6.42 Å². The molecule has 0 heterocycles. The molecule has 3 nitrogen and oxygen atoms in total. The average molecular weight is 199 g/mol. The predicted octanol–water partition coefficient (Wildman–Crippen LogP) is 1.66. The van der Waals surface area contributed by atoms with Crippen molar-refractivity contribution in [2.24, 2.45) is 0 Å². The number of carbonyl (C=O) groups excluding carboxylic acids is 1. The van der Waals surface area contributed by atoms with Crippen LogP contribution < -0.4 is 11.5 Å². The Balaban J connectivity index is 2.95. The largest absolute Gasteiger partial charge is 0.399 e. The van der Waals surface area contributed by atoms with Crippen molar-refractivity contribution in [3.8, 4) is 0 Å². The first-order valence-electron chi connectivity index (χ1n) is 3.89. The molecule has 0 atom stereocenters. The molecule has 13 heavy (non-hydrogen) atoms. The third-order valence-electron chi connectivity index (χ3n) is 1.70. The molecule has 1 aromatic carbocycles. The Bertz CT molecular complexity index is 325. The first-order valence-corrected chi connectivity index (χ1v) is 4.42. The molecule has 0 aliphatic carbocycles. The summed E-state index contributed by atoms with van der Waals surface area (Å²) < 4.78 is 0. The molecule has 0 fully saturated rings. The highest BCUT2D eigenvalue weighted by molar-refractivity contribution is 6.19. The Morgan fingerprint density at radius 2 is 2.08 bits per heavy atom. The summed E-state index contributed by atoms with van der Waals surface area (Å²) in [6, 6.07) is 4.85. The number of alkyl halides is 1. The normalized spacial score (nSPS) is 9.92. The number of nitrogens with two attached hydrogens (primary N) is 2. The summed E-state index contributed by atoms with van der Waals surface area (Å²) in [6.07, 6.45) is 0.301. The fourth-order valence-corrected chi connectivity index (χ4v) is 1.23. The van der Waals surface area contributed by atoms with E-state index in [1.54, 1.807) is 18.2 Å². The first kappa shape index (κ1) is 9.86. The lowest BCUT2D eigenvalue weighted by molar-refractivity contribution is 0.0990. The van der Waals surface area contributed by atoms with E-state index in [0.29, 0.717) is 29.2 Å². The van der Waals surface area contributed by atoms with Crippen molar-refractivity contribution in [3.63, 3.8) is 0 Å². The van der Waals surface area contributed by atoms with Gasteiger partial charge < -0.3 is 11.5 Å². The lowest BCUT2D eigenvalue weighted by Gasteiger charge is -2.03. The van der Waals surface area contributed by atoms with Crippen molar-refractivity contribution >= 4 is 28.8 Å². The molecule has 70 valence electrons. The number of hydrogen-bond acceptors (Lipinski definition) is 3. The summed E-state index contributed by atoms with van der Waals surface area (Å²) in [7, 11) is 0. The molecule has 1 rings (SSSR count). The number of rotatable bonds is 3. The molecule has 0 bridgehead atoms. The average Bonchev–Trinajstić information content (AvgIpc) is 2.04. The smallest absolute Gasteiger partial charge is 0.166 e. The third kappa shape index (κ3) is 2.36. The maximum Gasteiger partial charge on any atom is 0.166 e. The van der Waals surface area contributed by atoms with Crippen LogP contribution in [-0.4, -0.2) is 11.7 Å². The highest BCUT2D eigenvalue weighted by Crippen LogP contribution is 2.17. The third-order valence-corrected chi connectivity index (χ3v) is 1.89. The first-order chi connectivity index (χ1) is 6.15. The number of anilines is 2. The van der Waals surface area contributed by atoms with E-state index in [4.69, 9.17) is 23.1 Å². The molecule has 0 aliphatic heterocycles. The Morgan fingerprint density at radius 1 is 1.38 bits per heavy atom. The van der Waals surface area contributed by atoms with Gasteiger partial charge in [-0.3, -0.25) is 4.79 Å². The zero-order valence-electron chi connectivity index (χ0n) is 7.09. The Hall–Kier alpha value is -1.22. The predicted molar refractivity (Wildman–Crippen MR) is 54.9 cm³/mol. The second kappa shape index (κ2) is 4.14. The number of hydrogen-bond donors (Lipinski definition) is 2. The van der Waals surface area contributed by atoms with E-state index in [1.165, 1.54) is 0 Å². The molecule has 0 aliphatic rings. The van der Waals surface area contributed by atoms with Crippen molar-refractivity contribution in [1.29, 1.82) is 0 Å². The number of nitrogen functional groups attached to an aromatic ring is 2. The standard InChI is InChI=1S/C9H11ClN2O/c10-4-3-9(13)7-2-1-6(11)5-8(7)12/h1-2,5H,3-4,11-12H2. The van der Waals surface area contributed by atoms with Crippen LogP contribution in [0.15, 0.2) is 18.2 Å². The summed E-state index contributed by atoms with van der Waals surface area (Å²) in [5.74, 6) is 0.260. The van der Waals surface area contributed by atoms with Crippen LogP contribution in [0.1, 0.15) is 16.8 Å². The van der Waals surface area contributed by atoms with Crippen LogP contribution in [0.2, 0.25) is 0 Å². The SMILES string of the molecule is Nc1ccc(C(=O)CCCl)c(N)c1. The second-order valence-corrected chi connectivity index (χ2v) is 3.09. The van der Waals surface area contributed by atoms with Gasteiger partial charge in [-0.15, -0.1) is 11.6 Å². The van der Waals surface area contributed by atoms with Crippen LogP contribution in [0.25, 0.3) is 0 Å². The van der Waals surface area contributed by atoms with Gasteiger partial charge in [0.05, 0.1) is 0 Å². The monoisotopic (exact) mass is 198 g/mol. The van der Waals surface area contributed by atoms with E-state index in [0.717, 1.165) is 0 Å². The van der Waals surface area contributed by atoms with Crippen molar-refractivity contribution < 1.29 is 4.79 Å². The van der Waals surface area contributed by atoms with Gasteiger partial charge >= 0.3 is 0 Å². The van der Waals surface area contributed by atoms with Crippen LogP contribution in [0.5, 0.6) is 0 Å². The van der Waals surface area contributed by atoms with E-state index >= 15 is 0 Å². The van der Waals surface area contributed by atoms with E-state index < -0.39 is 0 Å². The molecule has 1 aromatic rings. The molecule has 0 spiro atoms. The van der Waals surface area contributed by atoms with E-state index in [9.17, 15) is 4.79 Å². The second-order valence-electron chi connectivity index (χ2n) is 2.71. The fraction of sp³-hybridized carbons (Fsp3) is 0.222. The molecule has 0 unspecified atom stereocenters. The highest BCUT2D eigenvalue weighted by atomic mass is 35.5. The van der Waals surface area contributed by atoms with Gasteiger partial charge in [-0.1, -0.05) is 0 Å². The van der Waals surface area contributed by atoms with E-state index in [1.807, 2.05) is 0 Å². The minimum Gasteiger partial charge on any atom is -0.399 e. The Labute approximate surface area is 81.7 Å². The van der Waals surface area contributed by atoms with Crippen LogP contribution in [0.4, 0.5) is 11.4 Å². The molecule has 0 aromatic heterocycles. The summed E-state index contributed by atoms with van der Waals surface area (Å²) >= 11 is 5.44. The molecule has 4 heteroatoms. The Kier molecular flexibility index (Phi) is 3.14. The number of Topliss-reactive ketones (excluding diaryl/α,β-unsaturated/α-hetero) is 1. The summed E-state index contributed by atoms with van der Waals surface area (Å²) in [4.78, 5) is 11.4. The van der Waals surface area contributed by atoms with Gasteiger partial charge in [0.25, 0.3) is 0 Å². The molecule has 0 radical (unpaired) electrons. The molecule has 4 N–H and O–H groups in total. The summed E-state index contributed by atoms with van der Waals surface area (Å²) in [6.45, 7) is 0. The summed E-state index contributed by atoms with van der Waals surface area (Å²) in [5.41, 5.74) is 12.6. The van der Waals surface area contributed by atoms with Crippen LogP contribution in [-0.2, 0) is 0 Å². The maximum atomic E-state index is 11.4. The van der Waals surface area contributed by atoms with Crippen molar-refractivity contribution in [3.05, 3.63) is 23.8 Å². The van der Waals surface area contributed by atoms with Gasteiger partial charge in [0.1, 0.15) is 0 Å². The van der Waals surface area contributed by atoms with Crippen LogP contribution >= 0.6 is 11.6 Å². The zero-order valence-corrected chi connectivity index (χ0v) is 7.84. The van der Waals surface area contributed by atoms with E-state index in [2.05, 4.69) is 0 Å². The number of halogens is 1. The molecule has 0 saturated carbocycles. The van der Waals surface area contributed by atoms with Crippen molar-refractivity contribution in [1.82, 2.24) is 0 Å². The summed E-state index contributed by atoms with van der Waals surface area (Å²) in [5, 5.41) is 0. The van der Waals surface area contributed by atoms with Gasteiger partial charge in [-0.25, -0.2) is 0 Å². The van der Waals surface area contributed by atoms with Gasteiger partial charge in [-0.2, -0.15) is 0 Å². The zero-order chi connectivity index (χ0) is 9.84. The minimum absolute atomic E-state index is 0.0486. The van der Waals surface area contributed by atoms with E-state index in [-0.39, 0.29) is 5.78 Å². The molecular weight excluding hydrogens is 188 g/mol. The molecular formula is C9H11ClN2O. The lowest BCUT2D eigenvalue weighted by Crippen LogP contribution is -2.04. The molecule has 0 saturated heterocycles. The minimum atomic E-state index is -0.0486. The molecule has 0 amide bonds. The van der Waals surface area contributed by atoms with Gasteiger partial charge in [0.2, 0.25) is 0 Å². The van der Waals surface area contributed by atoms with Gasteiger partial charge in [-0.05, 0) is 18.2 Å². The quantitative estimate of drug-likeness (QED) is 0.441. The highest BCUT2D eigenvalue weighted by Gasteiger charge is 2.08. The van der Waals surface area contributed by atoms with Gasteiger partial charge in [0.15, 0.2) is 5.78 Å². The number of carbonyl (C=O) groups is 1. The Morgan fingerprint density at radius 3 is 2.62 bits per heavy atom. The topological polar surface area (TPSA) is 69.1 Å². The number of benzene rings is 1. The maximum absolute atomic E-state index is 11.4.